The minimum atomic E-state index is -1.60. The Morgan fingerprint density at radius 1 is 1.44 bits per heavy atom. The van der Waals surface area contributed by atoms with E-state index in [1.54, 1.807) is 0 Å². The molecule has 84 valence electrons. The number of nitro groups is 1. The lowest BCUT2D eigenvalue weighted by Gasteiger charge is -2.13. The van der Waals surface area contributed by atoms with E-state index in [9.17, 15) is 14.3 Å². The molecule has 7 heteroatoms. The third kappa shape index (κ3) is 1.82. The summed E-state index contributed by atoms with van der Waals surface area (Å²) in [6.07, 6.45) is 0. The number of benzene rings is 1. The molecule has 1 aromatic rings. The van der Waals surface area contributed by atoms with Crippen LogP contribution in [0.15, 0.2) is 36.5 Å². The maximum Gasteiger partial charge on any atom is 0.269 e. The van der Waals surface area contributed by atoms with Gasteiger partial charge in [0.15, 0.2) is 0 Å². The van der Waals surface area contributed by atoms with Crippen LogP contribution in [-0.4, -0.2) is 15.7 Å². The first kappa shape index (κ1) is 10.8. The highest BCUT2D eigenvalue weighted by Gasteiger charge is 2.26. The quantitative estimate of drug-likeness (QED) is 0.580. The maximum absolute atomic E-state index is 11.4. The van der Waals surface area contributed by atoms with Crippen LogP contribution in [0.4, 0.5) is 11.4 Å². The number of non-ortho nitro benzene ring substituents is 1. The minimum Gasteiger partial charge on any atom is -0.267 e. The average Bonchev–Trinajstić information content (AvgIpc) is 2.59. The lowest BCUT2D eigenvalue weighted by Crippen LogP contribution is -2.17. The Morgan fingerprint density at radius 2 is 2.06 bits per heavy atom. The van der Waals surface area contributed by atoms with Gasteiger partial charge in [-0.1, -0.05) is 6.58 Å². The Morgan fingerprint density at radius 3 is 2.50 bits per heavy atom. The molecule has 0 amide bonds. The van der Waals surface area contributed by atoms with Gasteiger partial charge in [-0.15, -0.1) is 0 Å². The van der Waals surface area contributed by atoms with Crippen molar-refractivity contribution in [2.24, 2.45) is 0 Å². The third-order valence-corrected chi connectivity index (χ3v) is 3.14. The fourth-order valence-corrected chi connectivity index (χ4v) is 2.21. The summed E-state index contributed by atoms with van der Waals surface area (Å²) in [7, 11) is 0. The molecule has 0 saturated carbocycles. The summed E-state index contributed by atoms with van der Waals surface area (Å²) < 4.78 is 17.7. The predicted molar refractivity (Wildman–Crippen MR) is 58.8 cm³/mol. The lowest BCUT2D eigenvalue weighted by molar-refractivity contribution is -0.384. The Balaban J connectivity index is 2.31. The second-order valence-corrected chi connectivity index (χ2v) is 4.15. The molecule has 0 N–H and O–H groups in total. The number of nitrogens with zero attached hydrogens (tertiary/aromatic N) is 2. The van der Waals surface area contributed by atoms with Crippen LogP contribution in [0.25, 0.3) is 0 Å². The van der Waals surface area contributed by atoms with E-state index in [1.165, 1.54) is 28.6 Å². The van der Waals surface area contributed by atoms with Crippen LogP contribution in [-0.2, 0) is 15.4 Å². The first-order valence-electron chi connectivity index (χ1n) is 4.37. The van der Waals surface area contributed by atoms with Gasteiger partial charge in [0, 0.05) is 12.1 Å². The third-order valence-electron chi connectivity index (χ3n) is 2.06. The molecule has 1 saturated heterocycles. The summed E-state index contributed by atoms with van der Waals surface area (Å²) in [5, 5.41) is 10.5. The van der Waals surface area contributed by atoms with Crippen molar-refractivity contribution in [3.05, 3.63) is 46.7 Å². The molecule has 1 fully saturated rings. The Kier molecular flexibility index (Phi) is 2.71. The van der Waals surface area contributed by atoms with Crippen molar-refractivity contribution in [2.75, 3.05) is 10.9 Å². The molecule has 1 unspecified atom stereocenters. The van der Waals surface area contributed by atoms with Gasteiger partial charge in [0.2, 0.25) is 0 Å². The first-order valence-corrected chi connectivity index (χ1v) is 5.40. The van der Waals surface area contributed by atoms with Crippen LogP contribution in [0.1, 0.15) is 0 Å². The van der Waals surface area contributed by atoms with E-state index in [0.29, 0.717) is 11.4 Å². The van der Waals surface area contributed by atoms with Gasteiger partial charge in [-0.2, -0.15) is 0 Å². The van der Waals surface area contributed by atoms with Crippen molar-refractivity contribution in [1.29, 1.82) is 0 Å². The first-order chi connectivity index (χ1) is 7.59. The highest BCUT2D eigenvalue weighted by molar-refractivity contribution is 7.82. The van der Waals surface area contributed by atoms with E-state index in [4.69, 9.17) is 4.18 Å². The van der Waals surface area contributed by atoms with Gasteiger partial charge in [0.1, 0.15) is 6.61 Å². The predicted octanol–water partition coefficient (Wildman–Crippen LogP) is 1.52. The molecule has 0 aliphatic carbocycles. The SMILES string of the molecule is C=C1COS(=O)N1c1ccc([N+](=O)[O-])cc1. The van der Waals surface area contributed by atoms with E-state index >= 15 is 0 Å². The van der Waals surface area contributed by atoms with Gasteiger partial charge in [-0.25, -0.2) is 8.51 Å². The summed E-state index contributed by atoms with van der Waals surface area (Å²) in [5.74, 6) is 0. The molecule has 1 aromatic carbocycles. The smallest absolute Gasteiger partial charge is 0.267 e. The molecular formula is C9H8N2O4S. The summed E-state index contributed by atoms with van der Waals surface area (Å²) in [4.78, 5) is 9.96. The van der Waals surface area contributed by atoms with Gasteiger partial charge < -0.3 is 0 Å². The monoisotopic (exact) mass is 240 g/mol. The largest absolute Gasteiger partial charge is 0.269 e. The number of anilines is 1. The van der Waals surface area contributed by atoms with Crippen LogP contribution in [0, 0.1) is 10.1 Å². The van der Waals surface area contributed by atoms with E-state index in [-0.39, 0.29) is 12.3 Å². The number of nitro benzene ring substituents is 1. The topological polar surface area (TPSA) is 72.7 Å². The zero-order valence-electron chi connectivity index (χ0n) is 8.16. The molecular weight excluding hydrogens is 232 g/mol. The van der Waals surface area contributed by atoms with E-state index in [2.05, 4.69) is 6.58 Å². The van der Waals surface area contributed by atoms with Gasteiger partial charge in [0.05, 0.1) is 16.3 Å². The lowest BCUT2D eigenvalue weighted by atomic mass is 10.3. The van der Waals surface area contributed by atoms with Crippen molar-refractivity contribution in [1.82, 2.24) is 0 Å². The molecule has 1 heterocycles. The van der Waals surface area contributed by atoms with Gasteiger partial charge in [-0.05, 0) is 12.1 Å². The van der Waals surface area contributed by atoms with Crippen LogP contribution < -0.4 is 4.31 Å². The summed E-state index contributed by atoms with van der Waals surface area (Å²) >= 11 is -1.60. The van der Waals surface area contributed by atoms with Gasteiger partial charge in [-0.3, -0.25) is 14.3 Å². The van der Waals surface area contributed by atoms with Gasteiger partial charge in [0.25, 0.3) is 17.0 Å². The fourth-order valence-electron chi connectivity index (χ4n) is 1.31. The fraction of sp³-hybridized carbons (Fsp3) is 0.111. The second-order valence-electron chi connectivity index (χ2n) is 3.11. The Hall–Kier alpha value is -1.73. The van der Waals surface area contributed by atoms with Crippen LogP contribution in [0.2, 0.25) is 0 Å². The summed E-state index contributed by atoms with van der Waals surface area (Å²) in [5.41, 5.74) is 1.11. The zero-order valence-corrected chi connectivity index (χ0v) is 8.98. The van der Waals surface area contributed by atoms with E-state index in [0.717, 1.165) is 0 Å². The molecule has 0 radical (unpaired) electrons. The summed E-state index contributed by atoms with van der Waals surface area (Å²) in [6, 6.07) is 5.71. The Labute approximate surface area is 94.1 Å². The maximum atomic E-state index is 11.4. The molecule has 2 rings (SSSR count). The van der Waals surface area contributed by atoms with Gasteiger partial charge >= 0.3 is 0 Å². The zero-order chi connectivity index (χ0) is 11.7. The number of hydrogen-bond acceptors (Lipinski definition) is 4. The molecule has 6 nitrogen and oxygen atoms in total. The molecule has 16 heavy (non-hydrogen) atoms. The summed E-state index contributed by atoms with van der Waals surface area (Å²) in [6.45, 7) is 3.89. The van der Waals surface area contributed by atoms with E-state index < -0.39 is 16.2 Å². The second kappa shape index (κ2) is 4.03. The van der Waals surface area contributed by atoms with Crippen molar-refractivity contribution in [3.8, 4) is 0 Å². The molecule has 1 aliphatic heterocycles. The molecule has 0 aromatic heterocycles. The average molecular weight is 240 g/mol. The molecule has 1 atom stereocenters. The van der Waals surface area contributed by atoms with Crippen molar-refractivity contribution >= 4 is 22.6 Å². The standard InChI is InChI=1S/C9H8N2O4S/c1-7-6-15-16(14)10(7)8-2-4-9(5-3-8)11(12)13/h2-5H,1,6H2. The highest BCUT2D eigenvalue weighted by Crippen LogP contribution is 2.27. The van der Waals surface area contributed by atoms with Crippen LogP contribution in [0.3, 0.4) is 0 Å². The Bertz CT molecular complexity index is 455. The van der Waals surface area contributed by atoms with Crippen molar-refractivity contribution in [2.45, 2.75) is 0 Å². The minimum absolute atomic E-state index is 0.0136. The van der Waals surface area contributed by atoms with E-state index in [1.807, 2.05) is 0 Å². The highest BCUT2D eigenvalue weighted by atomic mass is 32.2. The number of rotatable bonds is 2. The molecule has 0 spiro atoms. The normalized spacial score (nSPS) is 20.1. The van der Waals surface area contributed by atoms with Crippen molar-refractivity contribution in [3.63, 3.8) is 0 Å². The molecule has 1 aliphatic rings. The van der Waals surface area contributed by atoms with Crippen LogP contribution in [0.5, 0.6) is 0 Å². The van der Waals surface area contributed by atoms with Crippen LogP contribution >= 0.6 is 0 Å². The van der Waals surface area contributed by atoms with Crippen molar-refractivity contribution < 1.29 is 13.3 Å². The molecule has 0 bridgehead atoms. The number of hydrogen-bond donors (Lipinski definition) is 0.